The summed E-state index contributed by atoms with van der Waals surface area (Å²) in [6, 6.07) is 8.66. The molecule has 1 rings (SSSR count). The zero-order valence-electron chi connectivity index (χ0n) is 11.4. The van der Waals surface area contributed by atoms with E-state index in [1.165, 1.54) is 11.3 Å². The van der Waals surface area contributed by atoms with Gasteiger partial charge in [-0.2, -0.15) is 0 Å². The number of likely N-dealkylation sites (N-methyl/N-ethyl adjacent to an activating group) is 1. The summed E-state index contributed by atoms with van der Waals surface area (Å²) in [5, 5.41) is 0. The molecule has 0 aliphatic heterocycles. The summed E-state index contributed by atoms with van der Waals surface area (Å²) in [6.07, 6.45) is 1.04. The van der Waals surface area contributed by atoms with Crippen molar-refractivity contribution in [2.24, 2.45) is 0 Å². The number of thiocarbonyl (C=S) groups is 1. The minimum absolute atomic E-state index is 0.344. The Hall–Kier alpha value is -1.09. The molecule has 1 aromatic rings. The Labute approximate surface area is 110 Å². The quantitative estimate of drug-likeness (QED) is 0.758. The lowest BCUT2D eigenvalue weighted by molar-refractivity contribution is 0.596. The second kappa shape index (κ2) is 6.01. The van der Waals surface area contributed by atoms with Crippen molar-refractivity contribution in [2.45, 2.75) is 19.3 Å². The fourth-order valence-corrected chi connectivity index (χ4v) is 2.17. The van der Waals surface area contributed by atoms with Gasteiger partial charge in [-0.25, -0.2) is 0 Å². The molecule has 0 aromatic heterocycles. The first kappa shape index (κ1) is 14.0. The standard InChI is InChI=1S/C14H22N2S/c1-6-13(14(17)16(4)5)11-7-9-12(10-8-11)15(2)3/h7-10,13H,6H2,1-5H3. The first-order valence-corrected chi connectivity index (χ1v) is 6.36. The molecule has 94 valence electrons. The first-order chi connectivity index (χ1) is 7.97. The van der Waals surface area contributed by atoms with E-state index in [2.05, 4.69) is 50.2 Å². The van der Waals surface area contributed by atoms with Crippen LogP contribution in [0.15, 0.2) is 24.3 Å². The molecular weight excluding hydrogens is 228 g/mol. The molecule has 0 aliphatic carbocycles. The molecule has 0 saturated heterocycles. The van der Waals surface area contributed by atoms with E-state index in [1.54, 1.807) is 0 Å². The van der Waals surface area contributed by atoms with Gasteiger partial charge in [-0.05, 0) is 24.1 Å². The average molecular weight is 250 g/mol. The maximum atomic E-state index is 5.48. The van der Waals surface area contributed by atoms with Crippen LogP contribution >= 0.6 is 12.2 Å². The third-order valence-corrected chi connectivity index (χ3v) is 3.61. The molecule has 0 bridgehead atoms. The summed E-state index contributed by atoms with van der Waals surface area (Å²) in [5.74, 6) is 0.344. The van der Waals surface area contributed by atoms with Crippen LogP contribution < -0.4 is 4.90 Å². The SMILES string of the molecule is CCC(C(=S)N(C)C)c1ccc(N(C)C)cc1. The van der Waals surface area contributed by atoms with Gasteiger partial charge in [-0.1, -0.05) is 31.3 Å². The number of nitrogens with zero attached hydrogens (tertiary/aromatic N) is 2. The Bertz CT molecular complexity index is 368. The van der Waals surface area contributed by atoms with Gasteiger partial charge in [-0.3, -0.25) is 0 Å². The van der Waals surface area contributed by atoms with Gasteiger partial charge in [0.1, 0.15) is 0 Å². The van der Waals surface area contributed by atoms with Crippen LogP contribution in [0.2, 0.25) is 0 Å². The summed E-state index contributed by atoms with van der Waals surface area (Å²) in [6.45, 7) is 2.18. The summed E-state index contributed by atoms with van der Waals surface area (Å²) in [4.78, 5) is 5.14. The van der Waals surface area contributed by atoms with Crippen molar-refractivity contribution in [3.05, 3.63) is 29.8 Å². The Morgan fingerprint density at radius 1 is 1.12 bits per heavy atom. The van der Waals surface area contributed by atoms with Gasteiger partial charge in [0.05, 0.1) is 4.99 Å². The topological polar surface area (TPSA) is 6.48 Å². The zero-order valence-corrected chi connectivity index (χ0v) is 12.2. The molecule has 0 heterocycles. The van der Waals surface area contributed by atoms with Gasteiger partial charge in [0.15, 0.2) is 0 Å². The maximum Gasteiger partial charge on any atom is 0.0849 e. The predicted molar refractivity (Wildman–Crippen MR) is 80.1 cm³/mol. The van der Waals surface area contributed by atoms with Crippen LogP contribution in [0.25, 0.3) is 0 Å². The van der Waals surface area contributed by atoms with Crippen molar-refractivity contribution < 1.29 is 0 Å². The molecule has 0 aliphatic rings. The lowest BCUT2D eigenvalue weighted by Gasteiger charge is -2.23. The molecule has 2 nitrogen and oxygen atoms in total. The van der Waals surface area contributed by atoms with Crippen LogP contribution in [-0.2, 0) is 0 Å². The highest BCUT2D eigenvalue weighted by Crippen LogP contribution is 2.24. The highest BCUT2D eigenvalue weighted by atomic mass is 32.1. The molecular formula is C14H22N2S. The minimum atomic E-state index is 0.344. The number of hydrogen-bond acceptors (Lipinski definition) is 2. The largest absolute Gasteiger partial charge is 0.378 e. The fourth-order valence-electron chi connectivity index (χ4n) is 1.87. The summed E-state index contributed by atoms with van der Waals surface area (Å²) >= 11 is 5.48. The smallest absolute Gasteiger partial charge is 0.0849 e. The van der Waals surface area contributed by atoms with E-state index in [-0.39, 0.29) is 0 Å². The van der Waals surface area contributed by atoms with E-state index >= 15 is 0 Å². The molecule has 1 atom stereocenters. The van der Waals surface area contributed by atoms with Crippen LogP contribution in [0.3, 0.4) is 0 Å². The van der Waals surface area contributed by atoms with Crippen molar-refractivity contribution in [3.8, 4) is 0 Å². The average Bonchev–Trinajstić information content (AvgIpc) is 2.30. The summed E-state index contributed by atoms with van der Waals surface area (Å²) in [7, 11) is 8.13. The maximum absolute atomic E-state index is 5.48. The van der Waals surface area contributed by atoms with Crippen LogP contribution in [0.4, 0.5) is 5.69 Å². The van der Waals surface area contributed by atoms with E-state index in [0.29, 0.717) is 5.92 Å². The highest BCUT2D eigenvalue weighted by Gasteiger charge is 2.16. The lowest BCUT2D eigenvalue weighted by atomic mass is 9.95. The van der Waals surface area contributed by atoms with Crippen molar-refractivity contribution in [3.63, 3.8) is 0 Å². The Kier molecular flexibility index (Phi) is 4.94. The van der Waals surface area contributed by atoms with Gasteiger partial charge < -0.3 is 9.80 Å². The van der Waals surface area contributed by atoms with Crippen LogP contribution in [-0.4, -0.2) is 38.1 Å². The highest BCUT2D eigenvalue weighted by molar-refractivity contribution is 7.80. The molecule has 1 unspecified atom stereocenters. The van der Waals surface area contributed by atoms with E-state index in [4.69, 9.17) is 12.2 Å². The van der Waals surface area contributed by atoms with Crippen molar-refractivity contribution in [1.82, 2.24) is 4.90 Å². The number of hydrogen-bond donors (Lipinski definition) is 0. The molecule has 0 saturated carbocycles. The van der Waals surface area contributed by atoms with Crippen molar-refractivity contribution >= 4 is 22.9 Å². The van der Waals surface area contributed by atoms with Gasteiger partial charge in [0.25, 0.3) is 0 Å². The lowest BCUT2D eigenvalue weighted by Crippen LogP contribution is -2.26. The van der Waals surface area contributed by atoms with Crippen molar-refractivity contribution in [2.75, 3.05) is 33.1 Å². The molecule has 1 aromatic carbocycles. The molecule has 0 N–H and O–H groups in total. The molecule has 0 amide bonds. The monoisotopic (exact) mass is 250 g/mol. The van der Waals surface area contributed by atoms with E-state index < -0.39 is 0 Å². The van der Waals surface area contributed by atoms with Gasteiger partial charge in [0, 0.05) is 39.8 Å². The first-order valence-electron chi connectivity index (χ1n) is 5.95. The number of benzene rings is 1. The third-order valence-electron chi connectivity index (χ3n) is 2.96. The van der Waals surface area contributed by atoms with Crippen molar-refractivity contribution in [1.29, 1.82) is 0 Å². The van der Waals surface area contributed by atoms with Crippen LogP contribution in [0.5, 0.6) is 0 Å². The van der Waals surface area contributed by atoms with E-state index in [1.807, 2.05) is 19.0 Å². The normalized spacial score (nSPS) is 12.1. The Morgan fingerprint density at radius 3 is 2.00 bits per heavy atom. The second-order valence-electron chi connectivity index (χ2n) is 4.68. The molecule has 17 heavy (non-hydrogen) atoms. The van der Waals surface area contributed by atoms with Crippen LogP contribution in [0.1, 0.15) is 24.8 Å². The minimum Gasteiger partial charge on any atom is -0.378 e. The molecule has 0 radical (unpaired) electrons. The zero-order chi connectivity index (χ0) is 13.0. The fraction of sp³-hybridized carbons (Fsp3) is 0.500. The molecule has 0 spiro atoms. The third kappa shape index (κ3) is 3.43. The molecule has 0 fully saturated rings. The Morgan fingerprint density at radius 2 is 1.65 bits per heavy atom. The second-order valence-corrected chi connectivity index (χ2v) is 5.10. The Balaban J connectivity index is 2.93. The summed E-state index contributed by atoms with van der Waals surface area (Å²) < 4.78 is 0. The van der Waals surface area contributed by atoms with E-state index in [0.717, 1.165) is 11.4 Å². The summed E-state index contributed by atoms with van der Waals surface area (Å²) in [5.41, 5.74) is 2.52. The molecule has 3 heteroatoms. The van der Waals surface area contributed by atoms with Gasteiger partial charge >= 0.3 is 0 Å². The number of anilines is 1. The van der Waals surface area contributed by atoms with Gasteiger partial charge in [0.2, 0.25) is 0 Å². The van der Waals surface area contributed by atoms with E-state index in [9.17, 15) is 0 Å². The van der Waals surface area contributed by atoms with Gasteiger partial charge in [-0.15, -0.1) is 0 Å². The van der Waals surface area contributed by atoms with Crippen LogP contribution in [0, 0.1) is 0 Å². The number of rotatable bonds is 4. The predicted octanol–water partition coefficient (Wildman–Crippen LogP) is 3.14.